The fourth-order valence-electron chi connectivity index (χ4n) is 2.36. The maximum atomic E-state index is 4.73. The summed E-state index contributed by atoms with van der Waals surface area (Å²) in [6.07, 6.45) is 6.98. The predicted octanol–water partition coefficient (Wildman–Crippen LogP) is 3.10. The van der Waals surface area contributed by atoms with Crippen molar-refractivity contribution < 1.29 is 0 Å². The van der Waals surface area contributed by atoms with Crippen molar-refractivity contribution in [1.29, 1.82) is 0 Å². The van der Waals surface area contributed by atoms with Gasteiger partial charge in [0.05, 0.1) is 0 Å². The highest BCUT2D eigenvalue weighted by Crippen LogP contribution is 2.16. The molecule has 0 saturated carbocycles. The van der Waals surface area contributed by atoms with E-state index in [9.17, 15) is 0 Å². The molecule has 0 amide bonds. The standard InChI is InChI=1S/C18H27N5/c1-5-6-12-23(4)18-20-15(2)14-17(21-18)22(3)13-9-16-7-10-19-11-8-16/h7-8,10-11,14H,5-6,9,12-13H2,1-4H3. The summed E-state index contributed by atoms with van der Waals surface area (Å²) in [5.74, 6) is 1.79. The van der Waals surface area contributed by atoms with Crippen molar-refractivity contribution in [3.05, 3.63) is 41.9 Å². The molecule has 0 aromatic carbocycles. The first kappa shape index (κ1) is 17.2. The van der Waals surface area contributed by atoms with Gasteiger partial charge in [-0.3, -0.25) is 4.98 Å². The van der Waals surface area contributed by atoms with Crippen molar-refractivity contribution in [2.24, 2.45) is 0 Å². The molecule has 0 spiro atoms. The zero-order valence-corrected chi connectivity index (χ0v) is 14.7. The number of rotatable bonds is 8. The molecule has 124 valence electrons. The lowest BCUT2D eigenvalue weighted by Gasteiger charge is -2.22. The Morgan fingerprint density at radius 1 is 1.00 bits per heavy atom. The van der Waals surface area contributed by atoms with E-state index in [1.807, 2.05) is 25.4 Å². The average Bonchev–Trinajstić information content (AvgIpc) is 2.57. The molecule has 2 aromatic heterocycles. The smallest absolute Gasteiger partial charge is 0.227 e. The van der Waals surface area contributed by atoms with Crippen molar-refractivity contribution in [1.82, 2.24) is 15.0 Å². The molecule has 23 heavy (non-hydrogen) atoms. The molecule has 0 bridgehead atoms. The van der Waals surface area contributed by atoms with Crippen molar-refractivity contribution in [3.63, 3.8) is 0 Å². The van der Waals surface area contributed by atoms with E-state index >= 15 is 0 Å². The molecule has 0 saturated heterocycles. The van der Waals surface area contributed by atoms with Gasteiger partial charge in [-0.05, 0) is 37.5 Å². The Bertz CT molecular complexity index is 600. The largest absolute Gasteiger partial charge is 0.359 e. The fraction of sp³-hybridized carbons (Fsp3) is 0.500. The van der Waals surface area contributed by atoms with E-state index in [4.69, 9.17) is 4.98 Å². The Balaban J connectivity index is 2.04. The highest BCUT2D eigenvalue weighted by Gasteiger charge is 2.10. The quantitative estimate of drug-likeness (QED) is 0.749. The van der Waals surface area contributed by atoms with E-state index in [0.717, 1.165) is 43.4 Å². The third kappa shape index (κ3) is 5.20. The lowest BCUT2D eigenvalue weighted by Crippen LogP contribution is -2.25. The molecule has 0 unspecified atom stereocenters. The van der Waals surface area contributed by atoms with Crippen LogP contribution in [0.15, 0.2) is 30.6 Å². The molecule has 0 aliphatic carbocycles. The third-order valence-corrected chi connectivity index (χ3v) is 3.89. The van der Waals surface area contributed by atoms with Crippen molar-refractivity contribution in [2.75, 3.05) is 37.0 Å². The third-order valence-electron chi connectivity index (χ3n) is 3.89. The number of hydrogen-bond donors (Lipinski definition) is 0. The van der Waals surface area contributed by atoms with Crippen LogP contribution >= 0.6 is 0 Å². The van der Waals surface area contributed by atoms with Crippen LogP contribution in [0.2, 0.25) is 0 Å². The van der Waals surface area contributed by atoms with Crippen LogP contribution in [0.4, 0.5) is 11.8 Å². The summed E-state index contributed by atoms with van der Waals surface area (Å²) in [6.45, 7) is 6.13. The fourth-order valence-corrected chi connectivity index (χ4v) is 2.36. The van der Waals surface area contributed by atoms with E-state index in [1.165, 1.54) is 12.0 Å². The number of aromatic nitrogens is 3. The zero-order chi connectivity index (χ0) is 16.7. The summed E-state index contributed by atoms with van der Waals surface area (Å²) in [6, 6.07) is 6.16. The summed E-state index contributed by atoms with van der Waals surface area (Å²) in [7, 11) is 4.14. The van der Waals surface area contributed by atoms with E-state index in [-0.39, 0.29) is 0 Å². The lowest BCUT2D eigenvalue weighted by atomic mass is 10.2. The molecule has 0 fully saturated rings. The second-order valence-electron chi connectivity index (χ2n) is 5.97. The highest BCUT2D eigenvalue weighted by atomic mass is 15.3. The van der Waals surface area contributed by atoms with Crippen LogP contribution in [0, 0.1) is 6.92 Å². The van der Waals surface area contributed by atoms with Gasteiger partial charge in [-0.2, -0.15) is 4.98 Å². The first-order valence-electron chi connectivity index (χ1n) is 8.27. The Hall–Kier alpha value is -2.17. The first-order chi connectivity index (χ1) is 11.1. The van der Waals surface area contributed by atoms with Crippen LogP contribution in [0.3, 0.4) is 0 Å². The van der Waals surface area contributed by atoms with E-state index < -0.39 is 0 Å². The second-order valence-corrected chi connectivity index (χ2v) is 5.97. The van der Waals surface area contributed by atoms with E-state index in [2.05, 4.69) is 52.9 Å². The number of hydrogen-bond acceptors (Lipinski definition) is 5. The lowest BCUT2D eigenvalue weighted by molar-refractivity contribution is 0.745. The topological polar surface area (TPSA) is 45.2 Å². The number of aryl methyl sites for hydroxylation is 1. The van der Waals surface area contributed by atoms with Crippen molar-refractivity contribution in [2.45, 2.75) is 33.1 Å². The summed E-state index contributed by atoms with van der Waals surface area (Å²) >= 11 is 0. The second kappa shape index (κ2) is 8.46. The molecular weight excluding hydrogens is 286 g/mol. The van der Waals surface area contributed by atoms with Crippen LogP contribution < -0.4 is 9.80 Å². The number of pyridine rings is 1. The molecular formula is C18H27N5. The van der Waals surface area contributed by atoms with E-state index in [0.29, 0.717) is 0 Å². The average molecular weight is 313 g/mol. The van der Waals surface area contributed by atoms with Gasteiger partial charge in [0.1, 0.15) is 5.82 Å². The summed E-state index contributed by atoms with van der Waals surface area (Å²) in [4.78, 5) is 17.7. The van der Waals surface area contributed by atoms with Gasteiger partial charge in [0.15, 0.2) is 0 Å². The number of likely N-dealkylation sites (N-methyl/N-ethyl adjacent to an activating group) is 1. The zero-order valence-electron chi connectivity index (χ0n) is 14.7. The Labute approximate surface area is 139 Å². The Kier molecular flexibility index (Phi) is 6.32. The monoisotopic (exact) mass is 313 g/mol. The van der Waals surface area contributed by atoms with Gasteiger partial charge >= 0.3 is 0 Å². The summed E-state index contributed by atoms with van der Waals surface area (Å²) in [5.41, 5.74) is 2.29. The SMILES string of the molecule is CCCCN(C)c1nc(C)cc(N(C)CCc2ccncc2)n1. The van der Waals surface area contributed by atoms with Crippen LogP contribution in [0.5, 0.6) is 0 Å². The van der Waals surface area contributed by atoms with Crippen molar-refractivity contribution >= 4 is 11.8 Å². The van der Waals surface area contributed by atoms with Gasteiger partial charge in [0.25, 0.3) is 0 Å². The van der Waals surface area contributed by atoms with Gasteiger partial charge < -0.3 is 9.80 Å². The van der Waals surface area contributed by atoms with Gasteiger partial charge in [-0.1, -0.05) is 13.3 Å². The van der Waals surface area contributed by atoms with Crippen LogP contribution in [0.1, 0.15) is 31.0 Å². The van der Waals surface area contributed by atoms with Gasteiger partial charge in [-0.15, -0.1) is 0 Å². The molecule has 0 N–H and O–H groups in total. The van der Waals surface area contributed by atoms with Crippen molar-refractivity contribution in [3.8, 4) is 0 Å². The van der Waals surface area contributed by atoms with Crippen LogP contribution in [0.25, 0.3) is 0 Å². The Morgan fingerprint density at radius 3 is 2.43 bits per heavy atom. The minimum absolute atomic E-state index is 0.809. The molecule has 0 aliphatic heterocycles. The highest BCUT2D eigenvalue weighted by molar-refractivity contribution is 5.45. The molecule has 0 radical (unpaired) electrons. The van der Waals surface area contributed by atoms with Gasteiger partial charge in [0, 0.05) is 51.3 Å². The number of unbranched alkanes of at least 4 members (excludes halogenated alkanes) is 1. The van der Waals surface area contributed by atoms with Gasteiger partial charge in [-0.25, -0.2) is 4.98 Å². The van der Waals surface area contributed by atoms with Gasteiger partial charge in [0.2, 0.25) is 5.95 Å². The minimum Gasteiger partial charge on any atom is -0.359 e. The maximum absolute atomic E-state index is 4.73. The molecule has 2 heterocycles. The molecule has 2 aromatic rings. The van der Waals surface area contributed by atoms with E-state index in [1.54, 1.807) is 0 Å². The Morgan fingerprint density at radius 2 is 1.74 bits per heavy atom. The molecule has 0 atom stereocenters. The molecule has 0 aliphatic rings. The summed E-state index contributed by atoms with van der Waals surface area (Å²) < 4.78 is 0. The molecule has 2 rings (SSSR count). The molecule has 5 nitrogen and oxygen atoms in total. The summed E-state index contributed by atoms with van der Waals surface area (Å²) in [5, 5.41) is 0. The molecule has 5 heteroatoms. The maximum Gasteiger partial charge on any atom is 0.227 e. The van der Waals surface area contributed by atoms with Crippen LogP contribution in [-0.4, -0.2) is 42.1 Å². The number of nitrogens with zero attached hydrogens (tertiary/aromatic N) is 5. The number of anilines is 2. The minimum atomic E-state index is 0.809. The first-order valence-corrected chi connectivity index (χ1v) is 8.27. The predicted molar refractivity (Wildman–Crippen MR) is 96.2 cm³/mol. The normalized spacial score (nSPS) is 10.6. The van der Waals surface area contributed by atoms with Crippen LogP contribution in [-0.2, 0) is 6.42 Å².